The summed E-state index contributed by atoms with van der Waals surface area (Å²) in [6, 6.07) is 0. The summed E-state index contributed by atoms with van der Waals surface area (Å²) in [7, 11) is 0. The highest BCUT2D eigenvalue weighted by atomic mass is 16.7. The van der Waals surface area contributed by atoms with Gasteiger partial charge in [-0.15, -0.1) is 0 Å². The summed E-state index contributed by atoms with van der Waals surface area (Å²) in [4.78, 5) is 31.3. The fraction of sp³-hybridized carbons (Fsp3) is 0.500. The number of carboxylic acid groups (broad SMARTS) is 1. The average Bonchev–Trinajstić information content (AvgIpc) is 2.08. The second kappa shape index (κ2) is 3.40. The lowest BCUT2D eigenvalue weighted by Crippen LogP contribution is -2.54. The van der Waals surface area contributed by atoms with Gasteiger partial charge in [0.15, 0.2) is 12.2 Å². The molecule has 7 heteroatoms. The van der Waals surface area contributed by atoms with Gasteiger partial charge in [0.25, 0.3) is 0 Å². The Morgan fingerprint density at radius 1 is 1.38 bits per heavy atom. The first kappa shape index (κ1) is 9.46. The molecule has 1 aliphatic heterocycles. The molecule has 1 rings (SSSR count). The van der Waals surface area contributed by atoms with Crippen molar-refractivity contribution in [3.8, 4) is 0 Å². The zero-order valence-corrected chi connectivity index (χ0v) is 6.26. The Hall–Kier alpha value is -1.63. The number of aliphatic carboxylic acids is 1. The summed E-state index contributed by atoms with van der Waals surface area (Å²) in [5.74, 6) is -4.45. The van der Waals surface area contributed by atoms with Crippen molar-refractivity contribution in [3.05, 3.63) is 0 Å². The van der Waals surface area contributed by atoms with Crippen LogP contribution in [0.4, 0.5) is 0 Å². The standard InChI is InChI=1S/C6H6O7/c7-1-2-3(4(8)9)13-6(11)5(10)12-2/h2-3,7H,1H2,(H,8,9)/p-1. The maximum absolute atomic E-state index is 10.5. The van der Waals surface area contributed by atoms with Gasteiger partial charge in [0.1, 0.15) is 0 Å². The van der Waals surface area contributed by atoms with Crippen molar-refractivity contribution in [3.63, 3.8) is 0 Å². The van der Waals surface area contributed by atoms with Crippen molar-refractivity contribution in [2.45, 2.75) is 12.2 Å². The molecule has 7 nitrogen and oxygen atoms in total. The number of carboxylic acids is 1. The van der Waals surface area contributed by atoms with E-state index < -0.39 is 36.7 Å². The molecule has 0 aromatic heterocycles. The molecular weight excluding hydrogens is 184 g/mol. The minimum absolute atomic E-state index is 0.752. The Labute approximate surface area is 71.9 Å². The molecule has 0 saturated carbocycles. The fourth-order valence-electron chi connectivity index (χ4n) is 0.820. The van der Waals surface area contributed by atoms with Gasteiger partial charge in [0.2, 0.25) is 0 Å². The van der Waals surface area contributed by atoms with Crippen LogP contribution in [0, 0.1) is 0 Å². The zero-order valence-electron chi connectivity index (χ0n) is 6.26. The van der Waals surface area contributed by atoms with Gasteiger partial charge in [0.05, 0.1) is 12.6 Å². The molecule has 1 aliphatic rings. The summed E-state index contributed by atoms with van der Waals surface area (Å²) in [5, 5.41) is 18.8. The SMILES string of the molecule is O=C1OC(CO)C(C(=O)[O-])OC1=O. The minimum atomic E-state index is -1.74. The molecule has 2 unspecified atom stereocenters. The van der Waals surface area contributed by atoms with E-state index in [4.69, 9.17) is 5.11 Å². The van der Waals surface area contributed by atoms with E-state index in [0.717, 1.165) is 0 Å². The second-order valence-corrected chi connectivity index (χ2v) is 2.27. The highest BCUT2D eigenvalue weighted by Gasteiger charge is 2.38. The number of carbonyl (C=O) groups is 3. The minimum Gasteiger partial charge on any atom is -0.546 e. The van der Waals surface area contributed by atoms with Crippen LogP contribution in [0.3, 0.4) is 0 Å². The molecule has 0 bridgehead atoms. The molecule has 13 heavy (non-hydrogen) atoms. The van der Waals surface area contributed by atoms with E-state index in [-0.39, 0.29) is 0 Å². The van der Waals surface area contributed by atoms with Crippen molar-refractivity contribution in [1.82, 2.24) is 0 Å². The molecule has 0 aliphatic carbocycles. The lowest BCUT2D eigenvalue weighted by Gasteiger charge is -2.29. The van der Waals surface area contributed by atoms with Crippen molar-refractivity contribution < 1.29 is 34.1 Å². The molecule has 0 spiro atoms. The molecule has 1 heterocycles. The monoisotopic (exact) mass is 189 g/mol. The first-order chi connectivity index (χ1) is 6.06. The molecule has 1 N–H and O–H groups in total. The Balaban J connectivity index is 2.77. The molecule has 72 valence electrons. The van der Waals surface area contributed by atoms with E-state index >= 15 is 0 Å². The molecule has 2 atom stereocenters. The van der Waals surface area contributed by atoms with Crippen LogP contribution < -0.4 is 5.11 Å². The van der Waals surface area contributed by atoms with Gasteiger partial charge in [-0.25, -0.2) is 9.59 Å². The van der Waals surface area contributed by atoms with Crippen LogP contribution >= 0.6 is 0 Å². The Morgan fingerprint density at radius 3 is 2.38 bits per heavy atom. The number of aliphatic hydroxyl groups excluding tert-OH is 1. The largest absolute Gasteiger partial charge is 0.546 e. The van der Waals surface area contributed by atoms with Gasteiger partial charge in [-0.1, -0.05) is 0 Å². The van der Waals surface area contributed by atoms with Crippen LogP contribution in [0.2, 0.25) is 0 Å². The predicted molar refractivity (Wildman–Crippen MR) is 31.9 cm³/mol. The average molecular weight is 189 g/mol. The molecule has 0 radical (unpaired) electrons. The number of esters is 2. The van der Waals surface area contributed by atoms with E-state index in [2.05, 4.69) is 9.47 Å². The highest BCUT2D eigenvalue weighted by molar-refractivity contribution is 6.30. The lowest BCUT2D eigenvalue weighted by molar-refractivity contribution is -0.321. The summed E-state index contributed by atoms with van der Waals surface area (Å²) in [6.45, 7) is -0.752. The number of cyclic esters (lactones) is 2. The second-order valence-electron chi connectivity index (χ2n) is 2.27. The van der Waals surface area contributed by atoms with Gasteiger partial charge in [-0.05, 0) is 0 Å². The van der Waals surface area contributed by atoms with E-state index in [1.165, 1.54) is 0 Å². The van der Waals surface area contributed by atoms with Crippen molar-refractivity contribution in [2.24, 2.45) is 0 Å². The number of hydrogen-bond acceptors (Lipinski definition) is 7. The third-order valence-electron chi connectivity index (χ3n) is 1.41. The Bertz CT molecular complexity index is 258. The summed E-state index contributed by atoms with van der Waals surface area (Å²) in [5.41, 5.74) is 0. The number of ether oxygens (including phenoxy) is 2. The van der Waals surface area contributed by atoms with Gasteiger partial charge in [0, 0.05) is 0 Å². The van der Waals surface area contributed by atoms with Crippen LogP contribution in [0.5, 0.6) is 0 Å². The molecule has 0 amide bonds. The lowest BCUT2D eigenvalue weighted by atomic mass is 10.2. The maximum Gasteiger partial charge on any atom is 0.418 e. The molecular formula is C6H5O7-. The fourth-order valence-corrected chi connectivity index (χ4v) is 0.820. The maximum atomic E-state index is 10.5. The van der Waals surface area contributed by atoms with Gasteiger partial charge >= 0.3 is 11.9 Å². The number of hydrogen-bond donors (Lipinski definition) is 1. The molecule has 1 saturated heterocycles. The quantitative estimate of drug-likeness (QED) is 0.355. The first-order valence-electron chi connectivity index (χ1n) is 3.29. The molecule has 0 aromatic rings. The van der Waals surface area contributed by atoms with Crippen molar-refractivity contribution in [2.75, 3.05) is 6.61 Å². The van der Waals surface area contributed by atoms with E-state index in [1.54, 1.807) is 0 Å². The van der Waals surface area contributed by atoms with Crippen LogP contribution in [-0.2, 0) is 23.9 Å². The van der Waals surface area contributed by atoms with E-state index in [1.807, 2.05) is 0 Å². The zero-order chi connectivity index (χ0) is 10.0. The van der Waals surface area contributed by atoms with E-state index in [0.29, 0.717) is 0 Å². The van der Waals surface area contributed by atoms with Gasteiger partial charge < -0.3 is 24.5 Å². The highest BCUT2D eigenvalue weighted by Crippen LogP contribution is 2.10. The normalized spacial score (nSPS) is 27.8. The number of rotatable bonds is 2. The van der Waals surface area contributed by atoms with Gasteiger partial charge in [-0.3, -0.25) is 0 Å². The van der Waals surface area contributed by atoms with Crippen LogP contribution in [-0.4, -0.2) is 41.8 Å². The van der Waals surface area contributed by atoms with Crippen LogP contribution in [0.25, 0.3) is 0 Å². The summed E-state index contributed by atoms with van der Waals surface area (Å²) >= 11 is 0. The Kier molecular flexibility index (Phi) is 2.47. The van der Waals surface area contributed by atoms with E-state index in [9.17, 15) is 19.5 Å². The van der Waals surface area contributed by atoms with Crippen molar-refractivity contribution >= 4 is 17.9 Å². The molecule has 0 aromatic carbocycles. The smallest absolute Gasteiger partial charge is 0.418 e. The third kappa shape index (κ3) is 1.75. The van der Waals surface area contributed by atoms with Gasteiger partial charge in [-0.2, -0.15) is 0 Å². The number of carbonyl (C=O) groups excluding carboxylic acids is 3. The summed E-state index contributed by atoms with van der Waals surface area (Å²) < 4.78 is 8.37. The molecule has 1 fully saturated rings. The van der Waals surface area contributed by atoms with Crippen LogP contribution in [0.15, 0.2) is 0 Å². The first-order valence-corrected chi connectivity index (χ1v) is 3.29. The summed E-state index contributed by atoms with van der Waals surface area (Å²) in [6.07, 6.45) is -3.13. The number of aliphatic hydroxyl groups is 1. The third-order valence-corrected chi connectivity index (χ3v) is 1.41. The van der Waals surface area contributed by atoms with Crippen LogP contribution in [0.1, 0.15) is 0 Å². The predicted octanol–water partition coefficient (Wildman–Crippen LogP) is -3.43. The van der Waals surface area contributed by atoms with Crippen molar-refractivity contribution in [1.29, 1.82) is 0 Å². The topological polar surface area (TPSA) is 113 Å². The Morgan fingerprint density at radius 2 is 1.92 bits per heavy atom.